The van der Waals surface area contributed by atoms with Crippen LogP contribution in [0.2, 0.25) is 0 Å². The fourth-order valence-electron chi connectivity index (χ4n) is 1.92. The van der Waals surface area contributed by atoms with E-state index in [2.05, 4.69) is 10.6 Å². The van der Waals surface area contributed by atoms with Gasteiger partial charge >= 0.3 is 6.03 Å². The minimum Gasteiger partial charge on any atom is -0.338 e. The summed E-state index contributed by atoms with van der Waals surface area (Å²) in [5.41, 5.74) is 0.930. The maximum Gasteiger partial charge on any atom is 0.319 e. The van der Waals surface area contributed by atoms with Crippen LogP contribution >= 0.6 is 0 Å². The van der Waals surface area contributed by atoms with Gasteiger partial charge in [-0.15, -0.1) is 0 Å². The highest BCUT2D eigenvalue weighted by molar-refractivity contribution is 7.89. The summed E-state index contributed by atoms with van der Waals surface area (Å²) >= 11 is 0. The van der Waals surface area contributed by atoms with E-state index in [0.29, 0.717) is 6.42 Å². The van der Waals surface area contributed by atoms with Crippen LogP contribution in [0.25, 0.3) is 0 Å². The number of hydrogen-bond donors (Lipinski definition) is 3. The zero-order chi connectivity index (χ0) is 17.7. The lowest BCUT2D eigenvalue weighted by Crippen LogP contribution is -2.30. The molecular weight excluding hydrogens is 340 g/mol. The number of anilines is 1. The van der Waals surface area contributed by atoms with Crippen molar-refractivity contribution in [2.24, 2.45) is 5.14 Å². The second-order valence-electron chi connectivity index (χ2n) is 4.95. The first-order valence-electron chi connectivity index (χ1n) is 6.87. The van der Waals surface area contributed by atoms with Crippen LogP contribution in [-0.2, 0) is 16.4 Å². The first-order valence-corrected chi connectivity index (χ1v) is 8.42. The quantitative estimate of drug-likeness (QED) is 0.764. The van der Waals surface area contributed by atoms with Crippen LogP contribution in [0.1, 0.15) is 5.56 Å². The molecule has 0 aliphatic heterocycles. The summed E-state index contributed by atoms with van der Waals surface area (Å²) in [5.74, 6) is -2.05. The first kappa shape index (κ1) is 17.8. The third-order valence-corrected chi connectivity index (χ3v) is 4.06. The van der Waals surface area contributed by atoms with Crippen molar-refractivity contribution in [3.05, 3.63) is 59.7 Å². The normalized spacial score (nSPS) is 11.1. The average molecular weight is 355 g/mol. The van der Waals surface area contributed by atoms with Crippen LogP contribution in [0.3, 0.4) is 0 Å². The summed E-state index contributed by atoms with van der Waals surface area (Å²) in [6.45, 7) is 0.268. The van der Waals surface area contributed by atoms with Crippen LogP contribution in [0.15, 0.2) is 47.4 Å². The zero-order valence-corrected chi connectivity index (χ0v) is 13.2. The summed E-state index contributed by atoms with van der Waals surface area (Å²) in [6, 6.07) is 8.41. The lowest BCUT2D eigenvalue weighted by molar-refractivity contribution is 0.252. The van der Waals surface area contributed by atoms with E-state index in [1.165, 1.54) is 18.2 Å². The van der Waals surface area contributed by atoms with Crippen LogP contribution < -0.4 is 15.8 Å². The molecule has 0 bridgehead atoms. The van der Waals surface area contributed by atoms with E-state index in [4.69, 9.17) is 5.14 Å². The second kappa shape index (κ2) is 7.37. The minimum atomic E-state index is -3.73. The third-order valence-electron chi connectivity index (χ3n) is 3.13. The number of hydrogen-bond acceptors (Lipinski definition) is 3. The Morgan fingerprint density at radius 1 is 1.04 bits per heavy atom. The smallest absolute Gasteiger partial charge is 0.319 e. The molecule has 128 valence electrons. The molecule has 0 aliphatic rings. The Morgan fingerprint density at radius 2 is 1.71 bits per heavy atom. The minimum absolute atomic E-state index is 0.00953. The number of nitrogens with two attached hydrogens (primary N) is 1. The highest BCUT2D eigenvalue weighted by Gasteiger charge is 2.08. The maximum absolute atomic E-state index is 13.0. The van der Waals surface area contributed by atoms with Gasteiger partial charge in [-0.3, -0.25) is 0 Å². The van der Waals surface area contributed by atoms with Crippen LogP contribution in [-0.4, -0.2) is 21.0 Å². The van der Waals surface area contributed by atoms with E-state index in [0.717, 1.165) is 17.7 Å². The zero-order valence-electron chi connectivity index (χ0n) is 12.4. The van der Waals surface area contributed by atoms with Crippen molar-refractivity contribution in [1.29, 1.82) is 0 Å². The number of primary sulfonamides is 1. The van der Waals surface area contributed by atoms with Crippen molar-refractivity contribution in [3.8, 4) is 0 Å². The Morgan fingerprint density at radius 3 is 2.29 bits per heavy atom. The fraction of sp³-hybridized carbons (Fsp3) is 0.133. The molecule has 2 aromatic rings. The maximum atomic E-state index is 13.0. The van der Waals surface area contributed by atoms with E-state index in [-0.39, 0.29) is 17.1 Å². The highest BCUT2D eigenvalue weighted by atomic mass is 32.2. The van der Waals surface area contributed by atoms with Gasteiger partial charge in [0.15, 0.2) is 11.6 Å². The van der Waals surface area contributed by atoms with Crippen LogP contribution in [0, 0.1) is 11.6 Å². The number of carbonyl (C=O) groups excluding carboxylic acids is 1. The van der Waals surface area contributed by atoms with Crippen LogP contribution in [0.5, 0.6) is 0 Å². The monoisotopic (exact) mass is 355 g/mol. The van der Waals surface area contributed by atoms with Gasteiger partial charge in [0.25, 0.3) is 0 Å². The van der Waals surface area contributed by atoms with Gasteiger partial charge < -0.3 is 10.6 Å². The molecule has 6 nitrogen and oxygen atoms in total. The molecule has 0 aliphatic carbocycles. The molecule has 0 fully saturated rings. The van der Waals surface area contributed by atoms with Crippen molar-refractivity contribution in [2.45, 2.75) is 11.3 Å². The Kier molecular flexibility index (Phi) is 5.47. The summed E-state index contributed by atoms with van der Waals surface area (Å²) in [6.07, 6.45) is 0.454. The first-order chi connectivity index (χ1) is 11.3. The van der Waals surface area contributed by atoms with E-state index < -0.39 is 27.7 Å². The predicted molar refractivity (Wildman–Crippen MR) is 84.9 cm³/mol. The Balaban J connectivity index is 1.83. The van der Waals surface area contributed by atoms with Gasteiger partial charge in [0.05, 0.1) is 4.90 Å². The van der Waals surface area contributed by atoms with E-state index in [1.54, 1.807) is 12.1 Å². The van der Waals surface area contributed by atoms with Gasteiger partial charge in [-0.05, 0) is 36.2 Å². The number of benzene rings is 2. The molecule has 0 aromatic heterocycles. The molecule has 2 aromatic carbocycles. The molecule has 24 heavy (non-hydrogen) atoms. The molecule has 4 N–H and O–H groups in total. The highest BCUT2D eigenvalue weighted by Crippen LogP contribution is 2.13. The number of halogens is 2. The van der Waals surface area contributed by atoms with Crippen molar-refractivity contribution >= 4 is 21.7 Å². The number of rotatable bonds is 5. The topological polar surface area (TPSA) is 101 Å². The second-order valence-corrected chi connectivity index (χ2v) is 6.51. The fourth-order valence-corrected chi connectivity index (χ4v) is 2.43. The van der Waals surface area contributed by atoms with Gasteiger partial charge in [-0.1, -0.05) is 12.1 Å². The average Bonchev–Trinajstić information content (AvgIpc) is 2.50. The van der Waals surface area contributed by atoms with Crippen molar-refractivity contribution in [1.82, 2.24) is 5.32 Å². The van der Waals surface area contributed by atoms with Crippen LogP contribution in [0.4, 0.5) is 19.3 Å². The molecule has 2 rings (SSSR count). The van der Waals surface area contributed by atoms with E-state index in [1.807, 2.05) is 0 Å². The molecular formula is C15H15F2N3O3S. The van der Waals surface area contributed by atoms with E-state index >= 15 is 0 Å². The van der Waals surface area contributed by atoms with Gasteiger partial charge in [0, 0.05) is 18.3 Å². The molecule has 0 radical (unpaired) electrons. The summed E-state index contributed by atoms with van der Waals surface area (Å²) in [5, 5.41) is 9.92. The molecule has 0 heterocycles. The number of urea groups is 1. The van der Waals surface area contributed by atoms with E-state index in [9.17, 15) is 22.0 Å². The largest absolute Gasteiger partial charge is 0.338 e. The van der Waals surface area contributed by atoms with Gasteiger partial charge in [-0.2, -0.15) is 0 Å². The molecule has 9 heteroatoms. The summed E-state index contributed by atoms with van der Waals surface area (Å²) < 4.78 is 48.1. The van der Waals surface area contributed by atoms with Gasteiger partial charge in [0.2, 0.25) is 10.0 Å². The number of nitrogens with one attached hydrogen (secondary N) is 2. The summed E-state index contributed by atoms with van der Waals surface area (Å²) in [7, 11) is -3.73. The lowest BCUT2D eigenvalue weighted by atomic mass is 10.1. The number of amides is 2. The Labute approximate surface area is 137 Å². The van der Waals surface area contributed by atoms with Crippen molar-refractivity contribution in [2.75, 3.05) is 11.9 Å². The van der Waals surface area contributed by atoms with Gasteiger partial charge in [-0.25, -0.2) is 27.1 Å². The molecule has 0 unspecified atom stereocenters. The number of carbonyl (C=O) groups is 1. The van der Waals surface area contributed by atoms with Gasteiger partial charge in [0.1, 0.15) is 0 Å². The molecule has 2 amide bonds. The molecule has 0 atom stereocenters. The summed E-state index contributed by atoms with van der Waals surface area (Å²) in [4.78, 5) is 11.7. The Hall–Kier alpha value is -2.52. The molecule has 0 spiro atoms. The molecule has 0 saturated carbocycles. The predicted octanol–water partition coefficient (Wildman–Crippen LogP) is 1.98. The Bertz CT molecular complexity index is 840. The third kappa shape index (κ3) is 5.00. The number of sulfonamides is 1. The molecule has 0 saturated heterocycles. The lowest BCUT2D eigenvalue weighted by Gasteiger charge is -2.08. The standard InChI is InChI=1S/C15H15F2N3O3S/c16-13-6-3-11(9-14(13)17)20-15(21)19-8-7-10-1-4-12(5-2-10)24(18,22)23/h1-6,9H,7-8H2,(H2,18,22,23)(H2,19,20,21). The SMILES string of the molecule is NS(=O)(=O)c1ccc(CCNC(=O)Nc2ccc(F)c(F)c2)cc1. The van der Waals surface area contributed by atoms with Crippen molar-refractivity contribution in [3.63, 3.8) is 0 Å². The van der Waals surface area contributed by atoms with Crippen molar-refractivity contribution < 1.29 is 22.0 Å².